The third-order valence-corrected chi connectivity index (χ3v) is 8.25. The van der Waals surface area contributed by atoms with E-state index >= 15 is 0 Å². The van der Waals surface area contributed by atoms with Gasteiger partial charge >= 0.3 is 12.1 Å². The third kappa shape index (κ3) is 10.0. The molecule has 3 aromatic rings. The zero-order chi connectivity index (χ0) is 37.1. The fraction of sp³-hybridized carbons (Fsp3) is 0.333. The van der Waals surface area contributed by atoms with Crippen LogP contribution >= 0.6 is 0 Å². The van der Waals surface area contributed by atoms with Gasteiger partial charge in [0.2, 0.25) is 23.6 Å². The molecule has 270 valence electrons. The molecule has 1 heterocycles. The first-order chi connectivity index (χ1) is 24.4. The van der Waals surface area contributed by atoms with E-state index in [0.29, 0.717) is 45.8 Å². The number of hydrogen-bond donors (Lipinski definition) is 7. The quantitative estimate of drug-likeness (QED) is 0.108. The maximum absolute atomic E-state index is 13.4. The summed E-state index contributed by atoms with van der Waals surface area (Å²) in [6.45, 7) is 2.30. The van der Waals surface area contributed by atoms with Crippen LogP contribution in [0.25, 0.3) is 11.1 Å². The Morgan fingerprint density at radius 1 is 0.922 bits per heavy atom. The Kier molecular flexibility index (Phi) is 13.1. The number of aliphatic carboxylic acids is 1. The molecule has 5 amide bonds. The number of carbonyl (C=O) groups is 6. The standard InChI is InChI=1S/C36H42N6O9/c1-3-14-39-33(45)26(37)17-25-23-11-7-10-22(31(23)42-32(25)44)24-15-21(12-13-29(24)50-2)16-27(34(46)40-28(35(47)48)18-30(38)43)41-36(49)51-19-20-8-5-4-6-9-20/h4-13,15,25-28H,3,14,16-19,37H2,1-2H3,(H2,38,43)(H,39,45)(H,40,46)(H,41,49)(H,42,44)(H,47,48)/t25-,26-,27-,28-/m0/s1. The Labute approximate surface area is 294 Å². The molecule has 9 N–H and O–H groups in total. The van der Waals surface area contributed by atoms with Crippen LogP contribution in [0.3, 0.4) is 0 Å². The maximum atomic E-state index is 13.4. The van der Waals surface area contributed by atoms with Crippen LogP contribution in [0.4, 0.5) is 10.5 Å². The number of para-hydroxylation sites is 1. The third-order valence-electron chi connectivity index (χ3n) is 8.25. The molecule has 0 saturated heterocycles. The predicted octanol–water partition coefficient (Wildman–Crippen LogP) is 1.92. The van der Waals surface area contributed by atoms with Gasteiger partial charge in [-0.25, -0.2) is 9.59 Å². The van der Waals surface area contributed by atoms with Crippen molar-refractivity contribution in [2.24, 2.45) is 11.5 Å². The summed E-state index contributed by atoms with van der Waals surface area (Å²) >= 11 is 0. The summed E-state index contributed by atoms with van der Waals surface area (Å²) in [5, 5.41) is 20.0. The van der Waals surface area contributed by atoms with Crippen molar-refractivity contribution < 1.29 is 43.3 Å². The lowest BCUT2D eigenvalue weighted by atomic mass is 9.90. The van der Waals surface area contributed by atoms with E-state index in [1.807, 2.05) is 6.92 Å². The first kappa shape index (κ1) is 37.9. The molecule has 0 aliphatic carbocycles. The van der Waals surface area contributed by atoms with Crippen molar-refractivity contribution in [2.75, 3.05) is 19.0 Å². The van der Waals surface area contributed by atoms with Crippen molar-refractivity contribution in [2.45, 2.75) is 63.3 Å². The minimum atomic E-state index is -1.64. The summed E-state index contributed by atoms with van der Waals surface area (Å²) in [5.41, 5.74) is 14.9. The number of primary amides is 1. The largest absolute Gasteiger partial charge is 0.496 e. The second-order valence-electron chi connectivity index (χ2n) is 12.0. The van der Waals surface area contributed by atoms with Crippen LogP contribution in [0, 0.1) is 0 Å². The van der Waals surface area contributed by atoms with Crippen molar-refractivity contribution >= 4 is 41.4 Å². The molecule has 15 heteroatoms. The van der Waals surface area contributed by atoms with Crippen LogP contribution in [-0.2, 0) is 41.7 Å². The lowest BCUT2D eigenvalue weighted by molar-refractivity contribution is -0.143. The van der Waals surface area contributed by atoms with Gasteiger partial charge in [0.25, 0.3) is 0 Å². The van der Waals surface area contributed by atoms with Crippen molar-refractivity contribution in [3.05, 3.63) is 83.4 Å². The summed E-state index contributed by atoms with van der Waals surface area (Å²) in [6, 6.07) is 15.3. The highest BCUT2D eigenvalue weighted by atomic mass is 16.5. The topological polar surface area (TPSA) is 241 Å². The fourth-order valence-corrected chi connectivity index (χ4v) is 5.67. The van der Waals surface area contributed by atoms with Crippen LogP contribution in [0.5, 0.6) is 5.75 Å². The number of rotatable bonds is 17. The average molecular weight is 703 g/mol. The van der Waals surface area contributed by atoms with Crippen molar-refractivity contribution in [1.29, 1.82) is 0 Å². The number of benzene rings is 3. The minimum Gasteiger partial charge on any atom is -0.496 e. The fourth-order valence-electron chi connectivity index (χ4n) is 5.67. The van der Waals surface area contributed by atoms with Gasteiger partial charge in [0.1, 0.15) is 24.4 Å². The van der Waals surface area contributed by atoms with Gasteiger partial charge in [-0.1, -0.05) is 61.5 Å². The monoisotopic (exact) mass is 702 g/mol. The summed E-state index contributed by atoms with van der Waals surface area (Å²) in [7, 11) is 1.47. The molecule has 0 aromatic heterocycles. The van der Waals surface area contributed by atoms with Gasteiger partial charge in [-0.3, -0.25) is 19.2 Å². The van der Waals surface area contributed by atoms with Crippen LogP contribution in [0.1, 0.15) is 48.8 Å². The van der Waals surface area contributed by atoms with Crippen LogP contribution in [-0.4, -0.2) is 72.6 Å². The predicted molar refractivity (Wildman–Crippen MR) is 186 cm³/mol. The Morgan fingerprint density at radius 2 is 1.67 bits per heavy atom. The molecule has 0 unspecified atom stereocenters. The van der Waals surface area contributed by atoms with E-state index in [-0.39, 0.29) is 31.3 Å². The van der Waals surface area contributed by atoms with E-state index < -0.39 is 54.3 Å². The number of carboxylic acid groups (broad SMARTS) is 1. The number of nitrogens with one attached hydrogen (secondary N) is 4. The molecule has 0 radical (unpaired) electrons. The average Bonchev–Trinajstić information content (AvgIpc) is 3.43. The lowest BCUT2D eigenvalue weighted by Gasteiger charge is -2.22. The molecule has 1 aliphatic heterocycles. The first-order valence-electron chi connectivity index (χ1n) is 16.3. The van der Waals surface area contributed by atoms with Crippen LogP contribution < -0.4 is 37.5 Å². The highest BCUT2D eigenvalue weighted by molar-refractivity contribution is 6.07. The van der Waals surface area contributed by atoms with Gasteiger partial charge in [-0.2, -0.15) is 0 Å². The molecule has 0 bridgehead atoms. The van der Waals surface area contributed by atoms with Gasteiger partial charge in [-0.05, 0) is 41.7 Å². The number of nitrogens with two attached hydrogens (primary N) is 2. The highest BCUT2D eigenvalue weighted by Crippen LogP contribution is 2.44. The number of ether oxygens (including phenoxy) is 2. The summed E-state index contributed by atoms with van der Waals surface area (Å²) in [6.07, 6.45) is -0.916. The van der Waals surface area contributed by atoms with Crippen molar-refractivity contribution in [3.63, 3.8) is 0 Å². The van der Waals surface area contributed by atoms with Crippen molar-refractivity contribution in [3.8, 4) is 16.9 Å². The van der Waals surface area contributed by atoms with E-state index in [9.17, 15) is 33.9 Å². The molecule has 0 spiro atoms. The van der Waals surface area contributed by atoms with Crippen molar-refractivity contribution in [1.82, 2.24) is 16.0 Å². The number of amides is 5. The van der Waals surface area contributed by atoms with E-state index in [0.717, 1.165) is 6.42 Å². The number of hydrogen-bond acceptors (Lipinski definition) is 9. The smallest absolute Gasteiger partial charge is 0.408 e. The molecule has 3 aromatic carbocycles. The number of carboxylic acids is 1. The second-order valence-corrected chi connectivity index (χ2v) is 12.0. The van der Waals surface area contributed by atoms with Gasteiger partial charge in [0.05, 0.1) is 31.2 Å². The molecule has 4 atom stereocenters. The van der Waals surface area contributed by atoms with Crippen LogP contribution in [0.15, 0.2) is 66.7 Å². The normalized spacial score (nSPS) is 15.0. The number of methoxy groups -OCH3 is 1. The molecule has 0 fully saturated rings. The number of anilines is 1. The SMILES string of the molecule is CCCNC(=O)[C@@H](N)C[C@@H]1C(=O)Nc2c(-c3cc(C[C@H](NC(=O)OCc4ccccc4)C(=O)N[C@@H](CC(N)=O)C(=O)O)ccc3OC)cccc21. The van der Waals surface area contributed by atoms with Gasteiger partial charge < -0.3 is 47.3 Å². The van der Waals surface area contributed by atoms with E-state index in [1.165, 1.54) is 7.11 Å². The zero-order valence-corrected chi connectivity index (χ0v) is 28.3. The van der Waals surface area contributed by atoms with E-state index in [2.05, 4.69) is 21.3 Å². The Morgan fingerprint density at radius 3 is 2.33 bits per heavy atom. The summed E-state index contributed by atoms with van der Waals surface area (Å²) in [4.78, 5) is 75.2. The van der Waals surface area contributed by atoms with Gasteiger partial charge in [-0.15, -0.1) is 0 Å². The minimum absolute atomic E-state index is 0.0882. The van der Waals surface area contributed by atoms with E-state index in [1.54, 1.807) is 66.7 Å². The summed E-state index contributed by atoms with van der Waals surface area (Å²) < 4.78 is 11.0. The van der Waals surface area contributed by atoms with Crippen LogP contribution in [0.2, 0.25) is 0 Å². The molecular formula is C36H42N6O9. The van der Waals surface area contributed by atoms with E-state index in [4.69, 9.17) is 20.9 Å². The molecule has 51 heavy (non-hydrogen) atoms. The number of carbonyl (C=O) groups excluding carboxylic acids is 5. The second kappa shape index (κ2) is 17.6. The zero-order valence-electron chi connectivity index (χ0n) is 28.3. The Balaban J connectivity index is 1.63. The Hall–Kier alpha value is -5.96. The molecule has 4 rings (SSSR count). The van der Waals surface area contributed by atoms with Gasteiger partial charge in [0, 0.05) is 24.1 Å². The van der Waals surface area contributed by atoms with Gasteiger partial charge in [0.15, 0.2) is 0 Å². The molecule has 1 aliphatic rings. The summed E-state index contributed by atoms with van der Waals surface area (Å²) in [5.74, 6) is -4.23. The Bertz CT molecular complexity index is 1770. The highest BCUT2D eigenvalue weighted by Gasteiger charge is 2.35. The molecular weight excluding hydrogens is 660 g/mol. The number of fused-ring (bicyclic) bond motifs is 1. The molecule has 0 saturated carbocycles. The maximum Gasteiger partial charge on any atom is 0.408 e. The lowest BCUT2D eigenvalue weighted by Crippen LogP contribution is -2.53. The first-order valence-corrected chi connectivity index (χ1v) is 16.3. The number of alkyl carbamates (subject to hydrolysis) is 1. The molecule has 15 nitrogen and oxygen atoms in total.